The summed E-state index contributed by atoms with van der Waals surface area (Å²) in [6.07, 6.45) is 3.71. The Kier molecular flexibility index (Phi) is 5.05. The number of esters is 1. The second kappa shape index (κ2) is 6.98. The average Bonchev–Trinajstić information content (AvgIpc) is 3.17. The third-order valence-electron chi connectivity index (χ3n) is 4.59. The monoisotopic (exact) mass is 386 g/mol. The van der Waals surface area contributed by atoms with E-state index >= 15 is 0 Å². The van der Waals surface area contributed by atoms with E-state index in [-0.39, 0.29) is 23.5 Å². The molecule has 2 saturated heterocycles. The zero-order valence-corrected chi connectivity index (χ0v) is 14.7. The normalized spacial score (nSPS) is 27.3. The number of benzene rings is 1. The van der Waals surface area contributed by atoms with Crippen LogP contribution in [0, 0.1) is 5.82 Å². The van der Waals surface area contributed by atoms with Gasteiger partial charge in [0.15, 0.2) is 17.2 Å². The molecule has 142 valence electrons. The molecule has 7 nitrogen and oxygen atoms in total. The van der Waals surface area contributed by atoms with Gasteiger partial charge in [-0.1, -0.05) is 6.58 Å². The van der Waals surface area contributed by atoms with Gasteiger partial charge in [0.05, 0.1) is 11.7 Å². The van der Waals surface area contributed by atoms with Crippen molar-refractivity contribution in [3.63, 3.8) is 0 Å². The van der Waals surface area contributed by atoms with Crippen LogP contribution >= 0.6 is 0 Å². The van der Waals surface area contributed by atoms with Crippen LogP contribution in [0.2, 0.25) is 0 Å². The third kappa shape index (κ3) is 3.89. The largest absolute Gasteiger partial charge is 0.477 e. The maximum atomic E-state index is 14.2. The number of halogens is 1. The first kappa shape index (κ1) is 18.8. The third-order valence-corrected chi connectivity index (χ3v) is 5.27. The highest BCUT2D eigenvalue weighted by Crippen LogP contribution is 2.45. The molecule has 2 heterocycles. The molecule has 2 aliphatic rings. The molecule has 2 fully saturated rings. The molecule has 0 radical (unpaired) electrons. The van der Waals surface area contributed by atoms with Crippen LogP contribution in [-0.4, -0.2) is 49.1 Å². The second-order valence-corrected chi connectivity index (χ2v) is 7.93. The van der Waals surface area contributed by atoms with Gasteiger partial charge in [-0.05, 0) is 37.1 Å². The van der Waals surface area contributed by atoms with Crippen LogP contribution in [0.25, 0.3) is 0 Å². The Balaban J connectivity index is 1.73. The highest BCUT2D eigenvalue weighted by Gasteiger charge is 2.53. The minimum Gasteiger partial charge on any atom is -0.477 e. The Labute approximate surface area is 150 Å². The van der Waals surface area contributed by atoms with E-state index in [1.54, 1.807) is 6.08 Å². The maximum absolute atomic E-state index is 14.2. The number of carbonyl (C=O) groups excluding carboxylic acids is 1. The van der Waals surface area contributed by atoms with E-state index in [0.29, 0.717) is 6.42 Å². The molecule has 0 amide bonds. The van der Waals surface area contributed by atoms with Gasteiger partial charge < -0.3 is 14.2 Å². The van der Waals surface area contributed by atoms with E-state index < -0.39 is 39.9 Å². The van der Waals surface area contributed by atoms with Gasteiger partial charge >= 0.3 is 5.97 Å². The number of rotatable bonds is 7. The second-order valence-electron chi connectivity index (χ2n) is 6.36. The summed E-state index contributed by atoms with van der Waals surface area (Å²) in [7, 11) is -4.24. The quantitative estimate of drug-likeness (QED) is 0.435. The molecule has 1 aromatic rings. The summed E-state index contributed by atoms with van der Waals surface area (Å²) in [4.78, 5) is 12.0. The molecular formula is C17H19FO7S. The van der Waals surface area contributed by atoms with E-state index in [0.717, 1.165) is 18.9 Å². The van der Waals surface area contributed by atoms with Crippen molar-refractivity contribution in [2.24, 2.45) is 0 Å². The molecule has 0 saturated carbocycles. The minimum atomic E-state index is -4.24. The molecule has 3 unspecified atom stereocenters. The molecule has 2 bridgehead atoms. The van der Waals surface area contributed by atoms with Crippen molar-refractivity contribution < 1.29 is 36.4 Å². The van der Waals surface area contributed by atoms with Crippen LogP contribution in [0.5, 0.6) is 5.75 Å². The van der Waals surface area contributed by atoms with Crippen molar-refractivity contribution >= 4 is 16.1 Å². The van der Waals surface area contributed by atoms with Crippen LogP contribution < -0.4 is 4.74 Å². The van der Waals surface area contributed by atoms with Crippen molar-refractivity contribution in [3.8, 4) is 5.75 Å². The van der Waals surface area contributed by atoms with Crippen molar-refractivity contribution in [1.29, 1.82) is 0 Å². The molecule has 9 heteroatoms. The Morgan fingerprint density at radius 3 is 2.81 bits per heavy atom. The van der Waals surface area contributed by atoms with Crippen LogP contribution in [0.4, 0.5) is 4.39 Å². The average molecular weight is 386 g/mol. The van der Waals surface area contributed by atoms with Crippen LogP contribution in [-0.2, 0) is 19.6 Å². The molecule has 0 spiro atoms. The lowest BCUT2D eigenvalue weighted by atomic mass is 9.84. The predicted molar refractivity (Wildman–Crippen MR) is 89.2 cm³/mol. The fraction of sp³-hybridized carbons (Fsp3) is 0.471. The molecular weight excluding hydrogens is 367 g/mol. The Morgan fingerprint density at radius 1 is 1.46 bits per heavy atom. The highest BCUT2D eigenvalue weighted by molar-refractivity contribution is 7.85. The first-order valence-corrected chi connectivity index (χ1v) is 9.73. The summed E-state index contributed by atoms with van der Waals surface area (Å²) in [5, 5.41) is 0. The predicted octanol–water partition coefficient (Wildman–Crippen LogP) is 2.13. The van der Waals surface area contributed by atoms with Crippen LogP contribution in [0.15, 0.2) is 30.9 Å². The summed E-state index contributed by atoms with van der Waals surface area (Å²) in [5.41, 5.74) is -0.850. The molecule has 3 atom stereocenters. The lowest BCUT2D eigenvalue weighted by Gasteiger charge is -2.33. The minimum absolute atomic E-state index is 0.0000229. The van der Waals surface area contributed by atoms with Crippen LogP contribution in [0.3, 0.4) is 0 Å². The first-order chi connectivity index (χ1) is 12.2. The van der Waals surface area contributed by atoms with Gasteiger partial charge in [0, 0.05) is 6.42 Å². The van der Waals surface area contributed by atoms with E-state index in [9.17, 15) is 17.6 Å². The number of carbonyl (C=O) groups is 1. The lowest BCUT2D eigenvalue weighted by molar-refractivity contribution is 0.0215. The number of hydrogen-bond donors (Lipinski definition) is 1. The smallest absolute Gasteiger partial charge is 0.338 e. The fourth-order valence-corrected chi connectivity index (χ4v) is 3.60. The highest BCUT2D eigenvalue weighted by atomic mass is 32.2. The summed E-state index contributed by atoms with van der Waals surface area (Å²) in [5.74, 6) is -2.35. The van der Waals surface area contributed by atoms with Gasteiger partial charge in [0.2, 0.25) is 0 Å². The summed E-state index contributed by atoms with van der Waals surface area (Å²) < 4.78 is 60.5. The lowest BCUT2D eigenvalue weighted by Crippen LogP contribution is -2.43. The molecule has 26 heavy (non-hydrogen) atoms. The van der Waals surface area contributed by atoms with Gasteiger partial charge in [-0.15, -0.1) is 0 Å². The van der Waals surface area contributed by atoms with E-state index in [4.69, 9.17) is 18.8 Å². The molecule has 1 N–H and O–H groups in total. The zero-order chi connectivity index (χ0) is 18.9. The van der Waals surface area contributed by atoms with Gasteiger partial charge in [-0.3, -0.25) is 4.55 Å². The zero-order valence-electron chi connectivity index (χ0n) is 13.9. The molecule has 0 aromatic heterocycles. The topological polar surface area (TPSA) is 99.1 Å². The van der Waals surface area contributed by atoms with Crippen molar-refractivity contribution in [1.82, 2.24) is 0 Å². The number of hydrogen-bond acceptors (Lipinski definition) is 6. The maximum Gasteiger partial charge on any atom is 0.338 e. The summed E-state index contributed by atoms with van der Waals surface area (Å²) in [6.45, 7) is 3.27. The molecule has 2 aliphatic heterocycles. The van der Waals surface area contributed by atoms with Gasteiger partial charge in [0.1, 0.15) is 18.5 Å². The Bertz CT molecular complexity index is 822. The molecule has 3 rings (SSSR count). The van der Waals surface area contributed by atoms with Gasteiger partial charge in [-0.2, -0.15) is 8.42 Å². The Hall–Kier alpha value is -1.97. The summed E-state index contributed by atoms with van der Waals surface area (Å²) >= 11 is 0. The van der Waals surface area contributed by atoms with Crippen LogP contribution in [0.1, 0.15) is 29.6 Å². The number of ether oxygens (including phenoxy) is 3. The Morgan fingerprint density at radius 2 is 2.23 bits per heavy atom. The van der Waals surface area contributed by atoms with Gasteiger partial charge in [-0.25, -0.2) is 9.18 Å². The SMILES string of the molecule is C=CC1(Oc2cc(C(=O)OCCS(=O)(=O)O)ccc2F)CC2CCC1O2. The summed E-state index contributed by atoms with van der Waals surface area (Å²) in [6, 6.07) is 3.47. The van der Waals surface area contributed by atoms with Crippen molar-refractivity contribution in [3.05, 3.63) is 42.2 Å². The molecule has 0 aliphatic carbocycles. The van der Waals surface area contributed by atoms with Crippen molar-refractivity contribution in [2.75, 3.05) is 12.4 Å². The van der Waals surface area contributed by atoms with Crippen molar-refractivity contribution in [2.45, 2.75) is 37.1 Å². The standard InChI is InChI=1S/C17H19FO7S/c1-2-17(10-12-4-6-15(17)24-12)25-14-9-11(3-5-13(14)18)16(19)23-7-8-26(20,21)22/h2-3,5,9,12,15H,1,4,6-8,10H2,(H,20,21,22). The first-order valence-electron chi connectivity index (χ1n) is 8.12. The van der Waals surface area contributed by atoms with E-state index in [1.165, 1.54) is 12.1 Å². The molecule has 1 aromatic carbocycles. The van der Waals surface area contributed by atoms with E-state index in [2.05, 4.69) is 6.58 Å². The van der Waals surface area contributed by atoms with E-state index in [1.807, 2.05) is 0 Å². The van der Waals surface area contributed by atoms with Gasteiger partial charge in [0.25, 0.3) is 10.1 Å². The number of fused-ring (bicyclic) bond motifs is 2. The fourth-order valence-electron chi connectivity index (χ4n) is 3.30.